The van der Waals surface area contributed by atoms with Crippen LogP contribution in [0.5, 0.6) is 0 Å². The summed E-state index contributed by atoms with van der Waals surface area (Å²) in [5.74, 6) is 1.57. The Morgan fingerprint density at radius 3 is 2.13 bits per heavy atom. The summed E-state index contributed by atoms with van der Waals surface area (Å²) in [6, 6.07) is 0. The summed E-state index contributed by atoms with van der Waals surface area (Å²) in [4.78, 5) is 4.24. The highest BCUT2D eigenvalue weighted by Gasteiger charge is 2.11. The van der Waals surface area contributed by atoms with Crippen molar-refractivity contribution in [3.05, 3.63) is 34.0 Å². The smallest absolute Gasteiger partial charge is 0.191 e. The molecule has 2 rings (SSSR count). The van der Waals surface area contributed by atoms with Gasteiger partial charge < -0.3 is 15.2 Å². The molecule has 2 aromatic heterocycles. The molecule has 2 N–H and O–H groups in total. The average molecular weight is 432 g/mol. The molecular weight excluding hydrogens is 407 g/mol. The molecular formula is C15H25IN6O. The van der Waals surface area contributed by atoms with Crippen LogP contribution in [0.15, 0.2) is 9.52 Å². The van der Waals surface area contributed by atoms with Crippen LogP contribution >= 0.6 is 24.0 Å². The topological polar surface area (TPSA) is 80.3 Å². The largest absolute Gasteiger partial charge is 0.361 e. The van der Waals surface area contributed by atoms with Gasteiger partial charge in [0.25, 0.3) is 0 Å². The summed E-state index contributed by atoms with van der Waals surface area (Å²) in [5, 5.41) is 15.0. The minimum atomic E-state index is 0. The highest BCUT2D eigenvalue weighted by atomic mass is 127. The number of aryl methyl sites for hydroxylation is 4. The first-order valence-corrected chi connectivity index (χ1v) is 7.29. The standard InChI is InChI=1S/C15H24N6O.HI/c1-9-13(11(3)21(6)19-9)7-17-15(16-5)18-8-14-10(2)20-22-12(14)4;/h7-8H2,1-6H3,(H2,16,17,18);1H. The monoisotopic (exact) mass is 432 g/mol. The molecule has 0 saturated carbocycles. The van der Waals surface area contributed by atoms with Crippen molar-refractivity contribution in [2.24, 2.45) is 12.0 Å². The Balaban J connectivity index is 0.00000264. The minimum absolute atomic E-state index is 0. The molecule has 0 aliphatic heterocycles. The molecule has 2 heterocycles. The first kappa shape index (κ1) is 19.5. The van der Waals surface area contributed by atoms with Crippen molar-refractivity contribution in [1.29, 1.82) is 0 Å². The van der Waals surface area contributed by atoms with Crippen LogP contribution in [0.25, 0.3) is 0 Å². The van der Waals surface area contributed by atoms with E-state index in [9.17, 15) is 0 Å². The summed E-state index contributed by atoms with van der Waals surface area (Å²) >= 11 is 0. The predicted octanol–water partition coefficient (Wildman–Crippen LogP) is 2.12. The lowest BCUT2D eigenvalue weighted by Gasteiger charge is -2.12. The second-order valence-corrected chi connectivity index (χ2v) is 5.36. The molecule has 0 atom stereocenters. The number of halogens is 1. The van der Waals surface area contributed by atoms with Gasteiger partial charge in [0, 0.05) is 44.0 Å². The number of aromatic nitrogens is 3. The Kier molecular flexibility index (Phi) is 7.04. The van der Waals surface area contributed by atoms with Crippen molar-refractivity contribution in [3.63, 3.8) is 0 Å². The summed E-state index contributed by atoms with van der Waals surface area (Å²) < 4.78 is 7.06. The van der Waals surface area contributed by atoms with Crippen LogP contribution in [-0.2, 0) is 20.1 Å². The van der Waals surface area contributed by atoms with Gasteiger partial charge in [-0.2, -0.15) is 5.10 Å². The van der Waals surface area contributed by atoms with E-state index in [4.69, 9.17) is 4.52 Å². The second kappa shape index (κ2) is 8.32. The number of hydrogen-bond acceptors (Lipinski definition) is 4. The average Bonchev–Trinajstić information content (AvgIpc) is 2.92. The van der Waals surface area contributed by atoms with Crippen molar-refractivity contribution >= 4 is 29.9 Å². The van der Waals surface area contributed by atoms with Crippen molar-refractivity contribution in [1.82, 2.24) is 25.6 Å². The van der Waals surface area contributed by atoms with E-state index in [1.165, 1.54) is 5.56 Å². The van der Waals surface area contributed by atoms with Gasteiger partial charge >= 0.3 is 0 Å². The zero-order valence-electron chi connectivity index (χ0n) is 14.5. The zero-order chi connectivity index (χ0) is 16.3. The van der Waals surface area contributed by atoms with Gasteiger partial charge in [0.05, 0.1) is 11.4 Å². The van der Waals surface area contributed by atoms with Crippen LogP contribution in [-0.4, -0.2) is 27.9 Å². The molecule has 0 aliphatic carbocycles. The number of nitrogens with zero attached hydrogens (tertiary/aromatic N) is 4. The first-order chi connectivity index (χ1) is 10.4. The SMILES string of the molecule is CN=C(NCc1c(C)noc1C)NCc1c(C)nn(C)c1C.I. The molecule has 7 nitrogen and oxygen atoms in total. The molecule has 0 saturated heterocycles. The van der Waals surface area contributed by atoms with Crippen molar-refractivity contribution in [2.45, 2.75) is 40.8 Å². The van der Waals surface area contributed by atoms with Gasteiger partial charge in [0.1, 0.15) is 5.76 Å². The summed E-state index contributed by atoms with van der Waals surface area (Å²) in [6.45, 7) is 9.25. The van der Waals surface area contributed by atoms with Crippen LogP contribution in [0.3, 0.4) is 0 Å². The highest BCUT2D eigenvalue weighted by molar-refractivity contribution is 14.0. The van der Waals surface area contributed by atoms with E-state index in [1.54, 1.807) is 7.05 Å². The lowest BCUT2D eigenvalue weighted by Crippen LogP contribution is -2.36. The summed E-state index contributed by atoms with van der Waals surface area (Å²) in [6.07, 6.45) is 0. The quantitative estimate of drug-likeness (QED) is 0.440. The third-order valence-electron chi connectivity index (χ3n) is 3.93. The molecule has 0 amide bonds. The Labute approximate surface area is 153 Å². The second-order valence-electron chi connectivity index (χ2n) is 5.36. The normalized spacial score (nSPS) is 11.3. The molecule has 23 heavy (non-hydrogen) atoms. The van der Waals surface area contributed by atoms with Crippen LogP contribution in [0.4, 0.5) is 0 Å². The molecule has 0 aliphatic rings. The number of nitrogens with one attached hydrogen (secondary N) is 2. The molecule has 0 unspecified atom stereocenters. The van der Waals surface area contributed by atoms with Gasteiger partial charge in [-0.1, -0.05) is 5.16 Å². The van der Waals surface area contributed by atoms with Crippen LogP contribution < -0.4 is 10.6 Å². The lowest BCUT2D eigenvalue weighted by molar-refractivity contribution is 0.392. The number of aliphatic imine (C=N–C) groups is 1. The van der Waals surface area contributed by atoms with Crippen molar-refractivity contribution in [2.75, 3.05) is 7.05 Å². The number of hydrogen-bond donors (Lipinski definition) is 2. The minimum Gasteiger partial charge on any atom is -0.361 e. The number of guanidine groups is 1. The van der Waals surface area contributed by atoms with E-state index in [0.717, 1.165) is 34.4 Å². The Hall–Kier alpha value is -1.58. The third kappa shape index (κ3) is 4.46. The summed E-state index contributed by atoms with van der Waals surface area (Å²) in [7, 11) is 3.71. The van der Waals surface area contributed by atoms with Crippen LogP contribution in [0.2, 0.25) is 0 Å². The molecule has 0 spiro atoms. The maximum atomic E-state index is 5.16. The van der Waals surface area contributed by atoms with Crippen LogP contribution in [0, 0.1) is 27.7 Å². The lowest BCUT2D eigenvalue weighted by atomic mass is 10.2. The maximum absolute atomic E-state index is 5.16. The van der Waals surface area contributed by atoms with E-state index in [1.807, 2.05) is 32.5 Å². The summed E-state index contributed by atoms with van der Waals surface area (Å²) in [5.41, 5.74) is 5.36. The molecule has 128 valence electrons. The fourth-order valence-electron chi connectivity index (χ4n) is 2.39. The molecule has 0 bridgehead atoms. The predicted molar refractivity (Wildman–Crippen MR) is 101 cm³/mol. The van der Waals surface area contributed by atoms with Crippen LogP contribution in [0.1, 0.15) is 34.0 Å². The van der Waals surface area contributed by atoms with E-state index in [2.05, 4.69) is 32.8 Å². The Morgan fingerprint density at radius 2 is 1.70 bits per heavy atom. The van der Waals surface area contributed by atoms with Gasteiger partial charge in [-0.15, -0.1) is 24.0 Å². The van der Waals surface area contributed by atoms with Gasteiger partial charge in [0.15, 0.2) is 5.96 Å². The number of rotatable bonds is 4. The van der Waals surface area contributed by atoms with Crippen molar-refractivity contribution in [3.8, 4) is 0 Å². The zero-order valence-corrected chi connectivity index (χ0v) is 16.8. The van der Waals surface area contributed by atoms with Gasteiger partial charge in [-0.3, -0.25) is 9.67 Å². The molecule has 0 fully saturated rings. The van der Waals surface area contributed by atoms with Crippen molar-refractivity contribution < 1.29 is 4.52 Å². The molecule has 2 aromatic rings. The van der Waals surface area contributed by atoms with Gasteiger partial charge in [-0.25, -0.2) is 0 Å². The maximum Gasteiger partial charge on any atom is 0.191 e. The van der Waals surface area contributed by atoms with E-state index < -0.39 is 0 Å². The van der Waals surface area contributed by atoms with Gasteiger partial charge in [0.2, 0.25) is 0 Å². The molecule has 8 heteroatoms. The highest BCUT2D eigenvalue weighted by Crippen LogP contribution is 2.12. The van der Waals surface area contributed by atoms with E-state index in [0.29, 0.717) is 13.1 Å². The van der Waals surface area contributed by atoms with E-state index in [-0.39, 0.29) is 24.0 Å². The Bertz CT molecular complexity index is 669. The molecule has 0 aromatic carbocycles. The fraction of sp³-hybridized carbons (Fsp3) is 0.533. The fourth-order valence-corrected chi connectivity index (χ4v) is 2.39. The van der Waals surface area contributed by atoms with E-state index >= 15 is 0 Å². The van der Waals surface area contributed by atoms with Gasteiger partial charge in [-0.05, 0) is 27.7 Å². The molecule has 0 radical (unpaired) electrons. The Morgan fingerprint density at radius 1 is 1.09 bits per heavy atom. The first-order valence-electron chi connectivity index (χ1n) is 7.29. The third-order valence-corrected chi connectivity index (χ3v) is 3.93.